The smallest absolute Gasteiger partial charge is 0.351 e. The van der Waals surface area contributed by atoms with Crippen LogP contribution in [-0.2, 0) is 45.7 Å². The van der Waals surface area contributed by atoms with Crippen molar-refractivity contribution in [2.24, 2.45) is 10.8 Å². The van der Waals surface area contributed by atoms with Gasteiger partial charge in [0.2, 0.25) is 5.60 Å². The molecule has 2 unspecified atom stereocenters. The second-order valence-corrected chi connectivity index (χ2v) is 11.0. The van der Waals surface area contributed by atoms with Gasteiger partial charge in [-0.25, -0.2) is 4.79 Å². The van der Waals surface area contributed by atoms with Crippen molar-refractivity contribution < 1.29 is 45.0 Å². The van der Waals surface area contributed by atoms with Gasteiger partial charge in [0.1, 0.15) is 12.4 Å². The fraction of sp³-hybridized carbons (Fsp3) is 0.556. The number of fused-ring (bicyclic) bond motifs is 2. The quantitative estimate of drug-likeness (QED) is 0.442. The second-order valence-electron chi connectivity index (χ2n) is 8.06. The third kappa shape index (κ3) is 3.41. The number of carbonyl (C=O) groups is 2. The largest absolute Gasteiger partial charge is 0.462 e. The lowest BCUT2D eigenvalue weighted by Gasteiger charge is -2.38. The first-order valence-electron chi connectivity index (χ1n) is 9.08. The first kappa shape index (κ1) is 22.7. The Bertz CT molecular complexity index is 1110. The second kappa shape index (κ2) is 7.01. The fourth-order valence-corrected chi connectivity index (χ4v) is 5.55. The SMILES string of the molecule is CC1(Cc2ccccc2S(=O)(=O)O)C2(C(=O)OCCS(=O)(=O)O)CC[C@]1(C)C(=O)O2. The number of ether oxygens (including phenoxy) is 2. The molecule has 2 aliphatic rings. The Kier molecular flexibility index (Phi) is 5.29. The van der Waals surface area contributed by atoms with Crippen molar-refractivity contribution in [1.29, 1.82) is 0 Å². The van der Waals surface area contributed by atoms with E-state index in [1.807, 2.05) is 0 Å². The van der Waals surface area contributed by atoms with E-state index < -0.39 is 61.0 Å². The Balaban J connectivity index is 2.01. The zero-order valence-corrected chi connectivity index (χ0v) is 18.0. The molecule has 1 aromatic carbocycles. The van der Waals surface area contributed by atoms with Crippen molar-refractivity contribution in [3.8, 4) is 0 Å². The van der Waals surface area contributed by atoms with E-state index in [0.717, 1.165) is 0 Å². The van der Waals surface area contributed by atoms with Crippen LogP contribution in [0.2, 0.25) is 0 Å². The van der Waals surface area contributed by atoms with E-state index in [9.17, 15) is 31.0 Å². The summed E-state index contributed by atoms with van der Waals surface area (Å²) in [7, 11) is -8.92. The van der Waals surface area contributed by atoms with Crippen LogP contribution in [0.4, 0.5) is 0 Å². The van der Waals surface area contributed by atoms with Gasteiger partial charge < -0.3 is 9.47 Å². The molecule has 1 saturated heterocycles. The summed E-state index contributed by atoms with van der Waals surface area (Å²) in [6.45, 7) is 2.59. The Morgan fingerprint density at radius 2 is 1.77 bits per heavy atom. The molecule has 1 aromatic rings. The van der Waals surface area contributed by atoms with Crippen LogP contribution in [0.5, 0.6) is 0 Å². The maximum atomic E-state index is 12.9. The lowest BCUT2D eigenvalue weighted by Crippen LogP contribution is -2.52. The highest BCUT2D eigenvalue weighted by molar-refractivity contribution is 7.86. The first-order valence-corrected chi connectivity index (χ1v) is 12.1. The summed E-state index contributed by atoms with van der Waals surface area (Å²) in [6, 6.07) is 5.68. The van der Waals surface area contributed by atoms with Gasteiger partial charge in [0.15, 0.2) is 0 Å². The molecule has 2 bridgehead atoms. The average Bonchev–Trinajstić information content (AvgIpc) is 2.92. The zero-order chi connectivity index (χ0) is 22.6. The first-order chi connectivity index (χ1) is 13.7. The Hall–Kier alpha value is -2.02. The summed E-state index contributed by atoms with van der Waals surface area (Å²) in [5, 5.41) is 0. The minimum Gasteiger partial charge on any atom is -0.462 e. The van der Waals surface area contributed by atoms with Crippen molar-refractivity contribution >= 4 is 32.2 Å². The third-order valence-electron chi connectivity index (χ3n) is 6.50. The van der Waals surface area contributed by atoms with Gasteiger partial charge in [0.05, 0.1) is 10.3 Å². The van der Waals surface area contributed by atoms with Crippen molar-refractivity contribution in [3.05, 3.63) is 29.8 Å². The van der Waals surface area contributed by atoms with Crippen LogP contribution in [-0.4, -0.2) is 55.8 Å². The summed E-state index contributed by atoms with van der Waals surface area (Å²) < 4.78 is 74.2. The van der Waals surface area contributed by atoms with Gasteiger partial charge >= 0.3 is 11.9 Å². The molecule has 3 atom stereocenters. The van der Waals surface area contributed by atoms with E-state index in [4.69, 9.17) is 14.0 Å². The van der Waals surface area contributed by atoms with Gasteiger partial charge in [0, 0.05) is 5.41 Å². The Morgan fingerprint density at radius 3 is 2.33 bits per heavy atom. The van der Waals surface area contributed by atoms with Gasteiger partial charge in [-0.1, -0.05) is 25.1 Å². The van der Waals surface area contributed by atoms with Crippen LogP contribution < -0.4 is 0 Å². The monoisotopic (exact) mass is 462 g/mol. The van der Waals surface area contributed by atoms with E-state index in [2.05, 4.69) is 0 Å². The minimum absolute atomic E-state index is 0.0986. The summed E-state index contributed by atoms with van der Waals surface area (Å²) in [6.07, 6.45) is 0.271. The summed E-state index contributed by atoms with van der Waals surface area (Å²) in [5.41, 5.74) is -3.94. The Morgan fingerprint density at radius 1 is 1.13 bits per heavy atom. The molecule has 3 rings (SSSR count). The topological polar surface area (TPSA) is 161 Å². The molecule has 1 aliphatic carbocycles. The van der Waals surface area contributed by atoms with Crippen molar-refractivity contribution in [2.75, 3.05) is 12.4 Å². The van der Waals surface area contributed by atoms with Crippen LogP contribution in [0.25, 0.3) is 0 Å². The van der Waals surface area contributed by atoms with E-state index in [1.165, 1.54) is 18.2 Å². The predicted molar refractivity (Wildman–Crippen MR) is 102 cm³/mol. The number of hydrogen-bond acceptors (Lipinski definition) is 8. The average molecular weight is 462 g/mol. The van der Waals surface area contributed by atoms with Crippen molar-refractivity contribution in [2.45, 2.75) is 43.6 Å². The molecule has 0 amide bonds. The number of hydrogen-bond donors (Lipinski definition) is 2. The third-order valence-corrected chi connectivity index (χ3v) is 8.14. The molecule has 166 valence electrons. The number of carbonyl (C=O) groups excluding carboxylic acids is 2. The standard InChI is InChI=1S/C18H22O10S2/c1-16-7-8-18(28-14(16)19,15(20)27-9-10-29(21,22)23)17(16,2)11-12-5-3-4-6-13(12)30(24,25)26/h3-6H,7-11H2,1-2H3,(H,21,22,23)(H,24,25,26)/t16-,17?,18?/m1/s1. The molecule has 1 saturated carbocycles. The number of rotatable bonds is 7. The van der Waals surface area contributed by atoms with E-state index in [-0.39, 0.29) is 29.7 Å². The molecule has 2 fully saturated rings. The van der Waals surface area contributed by atoms with Crippen molar-refractivity contribution in [1.82, 2.24) is 0 Å². The fourth-order valence-electron chi connectivity index (χ4n) is 4.53. The molecule has 0 spiro atoms. The lowest BCUT2D eigenvalue weighted by atomic mass is 9.62. The van der Waals surface area contributed by atoms with Crippen LogP contribution in [0, 0.1) is 10.8 Å². The van der Waals surface area contributed by atoms with Gasteiger partial charge in [-0.05, 0) is 37.8 Å². The summed E-state index contributed by atoms with van der Waals surface area (Å²) in [4.78, 5) is 25.3. The van der Waals surface area contributed by atoms with Gasteiger partial charge in [-0.3, -0.25) is 13.9 Å². The highest BCUT2D eigenvalue weighted by Gasteiger charge is 2.78. The molecular weight excluding hydrogens is 440 g/mol. The molecular formula is C18H22O10S2. The molecule has 30 heavy (non-hydrogen) atoms. The molecule has 1 aliphatic heterocycles. The van der Waals surface area contributed by atoms with E-state index in [0.29, 0.717) is 0 Å². The summed E-state index contributed by atoms with van der Waals surface area (Å²) >= 11 is 0. The van der Waals surface area contributed by atoms with Crippen LogP contribution >= 0.6 is 0 Å². The molecule has 2 N–H and O–H groups in total. The summed E-state index contributed by atoms with van der Waals surface area (Å²) in [5.74, 6) is -2.43. The highest BCUT2D eigenvalue weighted by Crippen LogP contribution is 2.67. The normalized spacial score (nSPS) is 30.9. The van der Waals surface area contributed by atoms with Crippen LogP contribution in [0.1, 0.15) is 32.3 Å². The molecule has 0 radical (unpaired) electrons. The molecule has 0 aromatic heterocycles. The maximum Gasteiger partial charge on any atom is 0.351 e. The lowest BCUT2D eigenvalue weighted by molar-refractivity contribution is -0.183. The van der Waals surface area contributed by atoms with E-state index in [1.54, 1.807) is 19.9 Å². The molecule has 10 nitrogen and oxygen atoms in total. The minimum atomic E-state index is -4.56. The van der Waals surface area contributed by atoms with Gasteiger partial charge in [0.25, 0.3) is 20.2 Å². The number of benzene rings is 1. The van der Waals surface area contributed by atoms with E-state index >= 15 is 0 Å². The maximum absolute atomic E-state index is 12.9. The number of esters is 2. The Labute approximate surface area is 174 Å². The van der Waals surface area contributed by atoms with Gasteiger partial charge in [-0.2, -0.15) is 16.8 Å². The molecule has 12 heteroatoms. The van der Waals surface area contributed by atoms with Gasteiger partial charge in [-0.15, -0.1) is 0 Å². The van der Waals surface area contributed by atoms with Crippen LogP contribution in [0.15, 0.2) is 29.2 Å². The highest BCUT2D eigenvalue weighted by atomic mass is 32.2. The van der Waals surface area contributed by atoms with Crippen LogP contribution in [0.3, 0.4) is 0 Å². The zero-order valence-electron chi connectivity index (χ0n) is 16.3. The predicted octanol–water partition coefficient (Wildman–Crippen LogP) is 1.01. The molecule has 1 heterocycles. The van der Waals surface area contributed by atoms with Crippen molar-refractivity contribution in [3.63, 3.8) is 0 Å².